The molecule has 2 N–H and O–H groups in total. The van der Waals surface area contributed by atoms with Crippen LogP contribution in [0.1, 0.15) is 18.4 Å². The number of carbonyl (C=O) groups excluding carboxylic acids is 2. The number of fused-ring (bicyclic) bond motifs is 1. The van der Waals surface area contributed by atoms with Gasteiger partial charge in [0.25, 0.3) is 0 Å². The summed E-state index contributed by atoms with van der Waals surface area (Å²) in [5.74, 6) is -1.60. The maximum absolute atomic E-state index is 12.7. The number of H-pyrrole nitrogens is 1. The van der Waals surface area contributed by atoms with Crippen molar-refractivity contribution in [3.8, 4) is 11.3 Å². The Balaban J connectivity index is 0.00000240. The number of likely N-dealkylation sites (tertiary alicyclic amines) is 1. The zero-order chi connectivity index (χ0) is 19.7. The molecule has 2 aromatic carbocycles. The molecule has 29 heavy (non-hydrogen) atoms. The van der Waals surface area contributed by atoms with Gasteiger partial charge in [-0.05, 0) is 23.6 Å². The smallest absolute Gasteiger partial charge is 0.548 e. The van der Waals surface area contributed by atoms with Crippen molar-refractivity contribution in [2.24, 2.45) is 0 Å². The van der Waals surface area contributed by atoms with Crippen LogP contribution in [0.5, 0.6) is 0 Å². The summed E-state index contributed by atoms with van der Waals surface area (Å²) in [6.45, 7) is 0.0386. The quantitative estimate of drug-likeness (QED) is 0.494. The van der Waals surface area contributed by atoms with Crippen molar-refractivity contribution in [3.05, 3.63) is 60.2 Å². The number of aryl methyl sites for hydroxylation is 1. The summed E-state index contributed by atoms with van der Waals surface area (Å²) in [7, 11) is 0. The van der Waals surface area contributed by atoms with E-state index < -0.39 is 18.1 Å². The summed E-state index contributed by atoms with van der Waals surface area (Å²) in [5.41, 5.74) is 4.02. The molecule has 1 aliphatic rings. The predicted octanol–water partition coefficient (Wildman–Crippen LogP) is -1.52. The zero-order valence-corrected chi connectivity index (χ0v) is 19.4. The van der Waals surface area contributed by atoms with E-state index in [4.69, 9.17) is 0 Å². The van der Waals surface area contributed by atoms with Gasteiger partial charge < -0.3 is 24.9 Å². The van der Waals surface area contributed by atoms with Crippen molar-refractivity contribution in [2.45, 2.75) is 31.4 Å². The third kappa shape index (κ3) is 4.65. The second-order valence-electron chi connectivity index (χ2n) is 7.16. The number of carboxylic acid groups (broad SMARTS) is 1. The SMILES string of the molecule is O=C([O-])C1CC(O)CN1C(=O)CCc1c(-c2ccccc2)[nH]c2ccccc12.[K+]. The Morgan fingerprint density at radius 2 is 1.79 bits per heavy atom. The van der Waals surface area contributed by atoms with Gasteiger partial charge in [-0.3, -0.25) is 4.79 Å². The maximum Gasteiger partial charge on any atom is 1.00 e. The van der Waals surface area contributed by atoms with Crippen LogP contribution in [-0.2, 0) is 16.0 Å². The number of carboxylic acids is 1. The molecule has 3 aromatic rings. The molecular weight excluding hydrogens is 395 g/mol. The molecule has 144 valence electrons. The van der Waals surface area contributed by atoms with Gasteiger partial charge in [-0.2, -0.15) is 0 Å². The molecule has 1 saturated heterocycles. The number of hydrogen-bond acceptors (Lipinski definition) is 4. The van der Waals surface area contributed by atoms with Gasteiger partial charge in [-0.1, -0.05) is 48.5 Å². The summed E-state index contributed by atoms with van der Waals surface area (Å²) in [6, 6.07) is 16.8. The minimum absolute atomic E-state index is 0. The average Bonchev–Trinajstić information content (AvgIpc) is 3.28. The number of amides is 1. The van der Waals surface area contributed by atoms with E-state index in [1.165, 1.54) is 4.90 Å². The van der Waals surface area contributed by atoms with Crippen LogP contribution in [-0.4, -0.2) is 45.6 Å². The van der Waals surface area contributed by atoms with Gasteiger partial charge in [0.1, 0.15) is 0 Å². The van der Waals surface area contributed by atoms with Gasteiger partial charge >= 0.3 is 51.4 Å². The molecule has 4 rings (SSSR count). The van der Waals surface area contributed by atoms with Crippen LogP contribution in [0.3, 0.4) is 0 Å². The van der Waals surface area contributed by atoms with Crippen molar-refractivity contribution in [2.75, 3.05) is 6.54 Å². The van der Waals surface area contributed by atoms with E-state index in [1.54, 1.807) is 0 Å². The summed E-state index contributed by atoms with van der Waals surface area (Å²) in [5, 5.41) is 22.1. The first-order valence-corrected chi connectivity index (χ1v) is 9.38. The molecule has 7 heteroatoms. The largest absolute Gasteiger partial charge is 1.00 e. The third-order valence-corrected chi connectivity index (χ3v) is 5.34. The van der Waals surface area contributed by atoms with Crippen LogP contribution in [0.4, 0.5) is 0 Å². The Morgan fingerprint density at radius 1 is 1.10 bits per heavy atom. The number of rotatable bonds is 5. The zero-order valence-electron chi connectivity index (χ0n) is 16.3. The molecule has 0 radical (unpaired) electrons. The van der Waals surface area contributed by atoms with E-state index in [2.05, 4.69) is 4.98 Å². The number of benzene rings is 2. The summed E-state index contributed by atoms with van der Waals surface area (Å²) in [4.78, 5) is 28.7. The van der Waals surface area contributed by atoms with E-state index in [1.807, 2.05) is 54.6 Å². The van der Waals surface area contributed by atoms with Gasteiger partial charge in [-0.15, -0.1) is 0 Å². The van der Waals surface area contributed by atoms with Gasteiger partial charge in [0, 0.05) is 36.0 Å². The number of aliphatic hydroxyl groups is 1. The number of carbonyl (C=O) groups is 2. The number of aliphatic carboxylic acids is 1. The molecule has 0 bridgehead atoms. The van der Waals surface area contributed by atoms with Crippen LogP contribution >= 0.6 is 0 Å². The fourth-order valence-corrected chi connectivity index (χ4v) is 4.00. The number of aromatic nitrogens is 1. The first-order chi connectivity index (χ1) is 13.5. The number of nitrogens with one attached hydrogen (secondary N) is 1. The molecule has 1 amide bonds. The Bertz CT molecular complexity index is 1020. The minimum atomic E-state index is -1.32. The molecule has 1 fully saturated rings. The summed E-state index contributed by atoms with van der Waals surface area (Å²) in [6.07, 6.45) is -0.159. The average molecular weight is 417 g/mol. The van der Waals surface area contributed by atoms with E-state index in [-0.39, 0.29) is 76.7 Å². The van der Waals surface area contributed by atoms with Crippen molar-refractivity contribution < 1.29 is 71.2 Å². The number of para-hydroxylation sites is 1. The standard InChI is InChI=1S/C22H22N2O4.K/c25-15-12-19(22(27)28)24(13-15)20(26)11-10-17-16-8-4-5-9-18(16)23-21(17)14-6-2-1-3-7-14;/h1-9,15,19,23,25H,10-13H2,(H,27,28);/q;+1/p-1. The molecule has 0 aliphatic carbocycles. The van der Waals surface area contributed by atoms with Gasteiger partial charge in [-0.25, -0.2) is 0 Å². The van der Waals surface area contributed by atoms with Gasteiger partial charge in [0.05, 0.1) is 18.1 Å². The molecular formula is C22H21KN2O4. The number of β-amino-alcohol motifs (C(OH)–C–C–N with tert-alkyl or cyclic N) is 1. The third-order valence-electron chi connectivity index (χ3n) is 5.34. The molecule has 0 spiro atoms. The van der Waals surface area contributed by atoms with E-state index in [0.717, 1.165) is 27.7 Å². The molecule has 2 heterocycles. The van der Waals surface area contributed by atoms with Crippen LogP contribution in [0.25, 0.3) is 22.2 Å². The topological polar surface area (TPSA) is 96.5 Å². The van der Waals surface area contributed by atoms with Crippen molar-refractivity contribution >= 4 is 22.8 Å². The normalized spacial score (nSPS) is 18.6. The van der Waals surface area contributed by atoms with E-state index in [0.29, 0.717) is 6.42 Å². The number of aromatic amines is 1. The summed E-state index contributed by atoms with van der Waals surface area (Å²) < 4.78 is 0. The Morgan fingerprint density at radius 3 is 2.52 bits per heavy atom. The molecule has 2 unspecified atom stereocenters. The Labute approximate surface area is 211 Å². The predicted molar refractivity (Wildman–Crippen MR) is 103 cm³/mol. The van der Waals surface area contributed by atoms with Crippen molar-refractivity contribution in [1.29, 1.82) is 0 Å². The monoisotopic (exact) mass is 416 g/mol. The second-order valence-corrected chi connectivity index (χ2v) is 7.16. The first-order valence-electron chi connectivity index (χ1n) is 9.38. The number of aliphatic hydroxyl groups excluding tert-OH is 1. The number of hydrogen-bond donors (Lipinski definition) is 2. The fourth-order valence-electron chi connectivity index (χ4n) is 4.00. The van der Waals surface area contributed by atoms with Crippen molar-refractivity contribution in [1.82, 2.24) is 9.88 Å². The molecule has 0 saturated carbocycles. The fraction of sp³-hybridized carbons (Fsp3) is 0.273. The Kier molecular flexibility index (Phi) is 7.31. The molecule has 1 aromatic heterocycles. The van der Waals surface area contributed by atoms with Gasteiger partial charge in [0.15, 0.2) is 0 Å². The van der Waals surface area contributed by atoms with Gasteiger partial charge in [0.2, 0.25) is 5.91 Å². The molecule has 6 nitrogen and oxygen atoms in total. The Hall–Kier alpha value is -1.48. The van der Waals surface area contributed by atoms with Crippen LogP contribution in [0, 0.1) is 0 Å². The molecule has 2 atom stereocenters. The van der Waals surface area contributed by atoms with E-state index >= 15 is 0 Å². The second kappa shape index (κ2) is 9.55. The number of nitrogens with zero attached hydrogens (tertiary/aromatic N) is 1. The van der Waals surface area contributed by atoms with E-state index in [9.17, 15) is 19.8 Å². The van der Waals surface area contributed by atoms with Crippen LogP contribution < -0.4 is 56.5 Å². The van der Waals surface area contributed by atoms with Crippen molar-refractivity contribution in [3.63, 3.8) is 0 Å². The minimum Gasteiger partial charge on any atom is -0.548 e. The van der Waals surface area contributed by atoms with Crippen LogP contribution in [0.15, 0.2) is 54.6 Å². The maximum atomic E-state index is 12.7. The first kappa shape index (κ1) is 22.2. The van der Waals surface area contributed by atoms with Crippen LogP contribution in [0.2, 0.25) is 0 Å². The molecule has 1 aliphatic heterocycles. The summed E-state index contributed by atoms with van der Waals surface area (Å²) >= 11 is 0.